The first-order valence-corrected chi connectivity index (χ1v) is 8.96. The molecule has 1 spiro atoms. The van der Waals surface area contributed by atoms with Crippen molar-refractivity contribution in [2.45, 2.75) is 77.8 Å². The summed E-state index contributed by atoms with van der Waals surface area (Å²) in [6, 6.07) is 0.748. The Morgan fingerprint density at radius 1 is 1.05 bits per heavy atom. The summed E-state index contributed by atoms with van der Waals surface area (Å²) in [6.45, 7) is 13.6. The molecular formula is C18H34N2. The third-order valence-corrected chi connectivity index (χ3v) is 6.63. The number of nitrogens with zero attached hydrogens (tertiary/aromatic N) is 1. The molecule has 0 aromatic heterocycles. The van der Waals surface area contributed by atoms with Crippen molar-refractivity contribution in [1.29, 1.82) is 0 Å². The van der Waals surface area contributed by atoms with Crippen molar-refractivity contribution < 1.29 is 0 Å². The predicted molar refractivity (Wildman–Crippen MR) is 85.9 cm³/mol. The van der Waals surface area contributed by atoms with Crippen molar-refractivity contribution in [3.63, 3.8) is 0 Å². The maximum absolute atomic E-state index is 3.95. The summed E-state index contributed by atoms with van der Waals surface area (Å²) in [5, 5.41) is 3.95. The van der Waals surface area contributed by atoms with Gasteiger partial charge in [-0.15, -0.1) is 0 Å². The molecular weight excluding hydrogens is 244 g/mol. The van der Waals surface area contributed by atoms with Crippen LogP contribution in [0, 0.1) is 17.3 Å². The van der Waals surface area contributed by atoms with E-state index in [1.807, 2.05) is 0 Å². The Morgan fingerprint density at radius 2 is 1.70 bits per heavy atom. The van der Waals surface area contributed by atoms with Crippen molar-refractivity contribution in [3.05, 3.63) is 0 Å². The highest BCUT2D eigenvalue weighted by Gasteiger charge is 2.50. The Morgan fingerprint density at radius 3 is 2.20 bits per heavy atom. The summed E-state index contributed by atoms with van der Waals surface area (Å²) < 4.78 is 0. The van der Waals surface area contributed by atoms with E-state index >= 15 is 0 Å². The molecule has 2 aliphatic carbocycles. The highest BCUT2D eigenvalue weighted by molar-refractivity contribution is 5.05. The molecule has 1 saturated heterocycles. The lowest BCUT2D eigenvalue weighted by atomic mass is 9.85. The van der Waals surface area contributed by atoms with Gasteiger partial charge in [0, 0.05) is 31.2 Å². The smallest absolute Gasteiger partial charge is 0.0309 e. The molecule has 1 aliphatic heterocycles. The Balaban J connectivity index is 1.72. The molecule has 0 aromatic rings. The van der Waals surface area contributed by atoms with E-state index in [9.17, 15) is 0 Å². The van der Waals surface area contributed by atoms with Crippen LogP contribution in [0.5, 0.6) is 0 Å². The van der Waals surface area contributed by atoms with Crippen molar-refractivity contribution in [2.75, 3.05) is 19.6 Å². The van der Waals surface area contributed by atoms with Gasteiger partial charge in [-0.25, -0.2) is 0 Å². The van der Waals surface area contributed by atoms with Gasteiger partial charge in [-0.2, -0.15) is 0 Å². The largest absolute Gasteiger partial charge is 0.308 e. The van der Waals surface area contributed by atoms with E-state index < -0.39 is 0 Å². The van der Waals surface area contributed by atoms with Crippen LogP contribution in [-0.4, -0.2) is 36.1 Å². The van der Waals surface area contributed by atoms with Gasteiger partial charge in [0.05, 0.1) is 0 Å². The fourth-order valence-corrected chi connectivity index (χ4v) is 4.71. The second-order valence-corrected chi connectivity index (χ2v) is 8.60. The van der Waals surface area contributed by atoms with E-state index in [1.54, 1.807) is 0 Å². The Hall–Kier alpha value is -0.0800. The van der Waals surface area contributed by atoms with Gasteiger partial charge in [-0.3, -0.25) is 4.90 Å². The van der Waals surface area contributed by atoms with Crippen LogP contribution < -0.4 is 5.32 Å². The third kappa shape index (κ3) is 2.66. The zero-order chi connectivity index (χ0) is 14.4. The first-order valence-electron chi connectivity index (χ1n) is 8.96. The maximum atomic E-state index is 3.95. The maximum Gasteiger partial charge on any atom is 0.0309 e. The molecule has 20 heavy (non-hydrogen) atoms. The first-order chi connectivity index (χ1) is 9.46. The summed E-state index contributed by atoms with van der Waals surface area (Å²) in [7, 11) is 0. The molecule has 3 rings (SSSR count). The zero-order valence-electron chi connectivity index (χ0n) is 14.0. The summed E-state index contributed by atoms with van der Waals surface area (Å²) in [6.07, 6.45) is 8.61. The standard InChI is InChI=1S/C18H34N2/c1-14(2)16-11-19-18(7-5-6-8-18)13-20(16)12-17(9-10-17)15(3)4/h14-16,19H,5-13H2,1-4H3. The summed E-state index contributed by atoms with van der Waals surface area (Å²) >= 11 is 0. The first kappa shape index (κ1) is 14.8. The van der Waals surface area contributed by atoms with E-state index in [1.165, 1.54) is 58.2 Å². The molecule has 0 amide bonds. The molecule has 0 aromatic carbocycles. The molecule has 2 nitrogen and oxygen atoms in total. The molecule has 1 N–H and O–H groups in total. The van der Waals surface area contributed by atoms with Gasteiger partial charge in [-0.05, 0) is 42.9 Å². The fourth-order valence-electron chi connectivity index (χ4n) is 4.71. The van der Waals surface area contributed by atoms with E-state index in [0.29, 0.717) is 11.0 Å². The van der Waals surface area contributed by atoms with Crippen LogP contribution in [0.25, 0.3) is 0 Å². The molecule has 0 radical (unpaired) electrons. The van der Waals surface area contributed by atoms with Gasteiger partial charge in [0.15, 0.2) is 0 Å². The molecule has 1 heterocycles. The highest BCUT2D eigenvalue weighted by Crippen LogP contribution is 2.53. The van der Waals surface area contributed by atoms with Crippen molar-refractivity contribution in [2.24, 2.45) is 17.3 Å². The van der Waals surface area contributed by atoms with Gasteiger partial charge in [0.2, 0.25) is 0 Å². The SMILES string of the molecule is CC(C)C1CNC2(CCCC2)CN1CC1(C(C)C)CC1. The zero-order valence-corrected chi connectivity index (χ0v) is 14.0. The van der Waals surface area contributed by atoms with Gasteiger partial charge in [0.1, 0.15) is 0 Å². The van der Waals surface area contributed by atoms with Crippen molar-refractivity contribution in [1.82, 2.24) is 10.2 Å². The summed E-state index contributed by atoms with van der Waals surface area (Å²) in [4.78, 5) is 2.89. The molecule has 2 saturated carbocycles. The van der Waals surface area contributed by atoms with Crippen LogP contribution in [0.15, 0.2) is 0 Å². The lowest BCUT2D eigenvalue weighted by Gasteiger charge is -2.49. The van der Waals surface area contributed by atoms with Crippen LogP contribution in [0.4, 0.5) is 0 Å². The van der Waals surface area contributed by atoms with Crippen LogP contribution in [0.2, 0.25) is 0 Å². The monoisotopic (exact) mass is 278 g/mol. The predicted octanol–water partition coefficient (Wildman–Crippen LogP) is 3.67. The lowest BCUT2D eigenvalue weighted by molar-refractivity contribution is 0.0328. The molecule has 3 fully saturated rings. The average Bonchev–Trinajstić information content (AvgIpc) is 3.04. The number of hydrogen-bond acceptors (Lipinski definition) is 2. The number of piperazine rings is 1. The molecule has 0 bridgehead atoms. The topological polar surface area (TPSA) is 15.3 Å². The highest BCUT2D eigenvalue weighted by atomic mass is 15.3. The summed E-state index contributed by atoms with van der Waals surface area (Å²) in [5.41, 5.74) is 1.13. The second-order valence-electron chi connectivity index (χ2n) is 8.60. The molecule has 3 aliphatic rings. The van der Waals surface area contributed by atoms with E-state index in [-0.39, 0.29) is 0 Å². The minimum absolute atomic E-state index is 0.471. The molecule has 2 heteroatoms. The second kappa shape index (κ2) is 5.28. The van der Waals surface area contributed by atoms with Gasteiger partial charge in [-0.1, -0.05) is 40.5 Å². The fraction of sp³-hybridized carbons (Fsp3) is 1.00. The molecule has 116 valence electrons. The van der Waals surface area contributed by atoms with Crippen LogP contribution in [0.3, 0.4) is 0 Å². The third-order valence-electron chi connectivity index (χ3n) is 6.63. The number of rotatable bonds is 4. The minimum atomic E-state index is 0.471. The Bertz CT molecular complexity index is 335. The van der Waals surface area contributed by atoms with Gasteiger partial charge in [0.25, 0.3) is 0 Å². The van der Waals surface area contributed by atoms with Gasteiger partial charge < -0.3 is 5.32 Å². The van der Waals surface area contributed by atoms with Gasteiger partial charge >= 0.3 is 0 Å². The van der Waals surface area contributed by atoms with Crippen LogP contribution >= 0.6 is 0 Å². The van der Waals surface area contributed by atoms with Crippen LogP contribution in [0.1, 0.15) is 66.2 Å². The number of nitrogens with one attached hydrogen (secondary N) is 1. The van der Waals surface area contributed by atoms with Crippen molar-refractivity contribution >= 4 is 0 Å². The van der Waals surface area contributed by atoms with E-state index in [2.05, 4.69) is 37.9 Å². The minimum Gasteiger partial charge on any atom is -0.308 e. The average molecular weight is 278 g/mol. The Kier molecular flexibility index (Phi) is 3.92. The molecule has 1 atom stereocenters. The van der Waals surface area contributed by atoms with E-state index in [4.69, 9.17) is 0 Å². The Labute approximate surface area is 125 Å². The van der Waals surface area contributed by atoms with Crippen LogP contribution in [-0.2, 0) is 0 Å². The molecule has 1 unspecified atom stereocenters. The number of hydrogen-bond donors (Lipinski definition) is 1. The van der Waals surface area contributed by atoms with E-state index in [0.717, 1.165) is 17.9 Å². The lowest BCUT2D eigenvalue weighted by Crippen LogP contribution is -2.65. The normalized spacial score (nSPS) is 32.4. The quantitative estimate of drug-likeness (QED) is 0.844. The summed E-state index contributed by atoms with van der Waals surface area (Å²) in [5.74, 6) is 1.62. The van der Waals surface area contributed by atoms with Crippen molar-refractivity contribution in [3.8, 4) is 0 Å².